The van der Waals surface area contributed by atoms with Gasteiger partial charge in [0, 0.05) is 25.0 Å². The zero-order valence-electron chi connectivity index (χ0n) is 10.6. The molecule has 0 aromatic heterocycles. The van der Waals surface area contributed by atoms with Crippen molar-refractivity contribution in [1.82, 2.24) is 4.90 Å². The Labute approximate surface area is 94.0 Å². The second-order valence-corrected chi connectivity index (χ2v) is 4.28. The van der Waals surface area contributed by atoms with E-state index in [-0.39, 0.29) is 11.8 Å². The second-order valence-electron chi connectivity index (χ2n) is 4.28. The lowest BCUT2D eigenvalue weighted by Crippen LogP contribution is -2.43. The summed E-state index contributed by atoms with van der Waals surface area (Å²) in [7, 11) is 0. The van der Waals surface area contributed by atoms with Crippen molar-refractivity contribution in [3.05, 3.63) is 0 Å². The molecular formula is C12H26N2O. The zero-order chi connectivity index (χ0) is 11.8. The SMILES string of the molecule is CCCCN(C(=O)C(C)CN)C(C)CC. The normalized spacial score (nSPS) is 14.7. The Morgan fingerprint density at radius 3 is 2.33 bits per heavy atom. The summed E-state index contributed by atoms with van der Waals surface area (Å²) in [6.45, 7) is 9.59. The first kappa shape index (κ1) is 14.4. The van der Waals surface area contributed by atoms with Gasteiger partial charge < -0.3 is 10.6 Å². The van der Waals surface area contributed by atoms with Gasteiger partial charge in [-0.3, -0.25) is 4.79 Å². The molecular weight excluding hydrogens is 188 g/mol. The molecule has 2 atom stereocenters. The number of carbonyl (C=O) groups excluding carboxylic acids is 1. The van der Waals surface area contributed by atoms with Crippen molar-refractivity contribution in [3.8, 4) is 0 Å². The molecule has 0 bridgehead atoms. The van der Waals surface area contributed by atoms with Crippen LogP contribution < -0.4 is 5.73 Å². The third kappa shape index (κ3) is 4.65. The van der Waals surface area contributed by atoms with E-state index in [9.17, 15) is 4.79 Å². The van der Waals surface area contributed by atoms with Gasteiger partial charge in [-0.05, 0) is 19.8 Å². The van der Waals surface area contributed by atoms with Crippen LogP contribution in [0.4, 0.5) is 0 Å². The number of nitrogens with two attached hydrogens (primary N) is 1. The highest BCUT2D eigenvalue weighted by molar-refractivity contribution is 5.79. The maximum absolute atomic E-state index is 12.0. The first-order valence-electron chi connectivity index (χ1n) is 6.08. The third-order valence-electron chi connectivity index (χ3n) is 2.93. The summed E-state index contributed by atoms with van der Waals surface area (Å²) in [6, 6.07) is 0.332. The first-order chi connectivity index (χ1) is 7.08. The van der Waals surface area contributed by atoms with Crippen molar-refractivity contribution >= 4 is 5.91 Å². The van der Waals surface area contributed by atoms with Crippen LogP contribution in [0.1, 0.15) is 47.0 Å². The van der Waals surface area contributed by atoms with E-state index in [1.165, 1.54) is 0 Å². The fourth-order valence-electron chi connectivity index (χ4n) is 1.48. The number of nitrogens with zero attached hydrogens (tertiary/aromatic N) is 1. The van der Waals surface area contributed by atoms with Crippen LogP contribution in [0.5, 0.6) is 0 Å². The average molecular weight is 214 g/mol. The Kier molecular flexibility index (Phi) is 7.39. The Balaban J connectivity index is 4.39. The smallest absolute Gasteiger partial charge is 0.226 e. The van der Waals surface area contributed by atoms with Crippen LogP contribution in [0.2, 0.25) is 0 Å². The van der Waals surface area contributed by atoms with E-state index in [1.54, 1.807) is 0 Å². The van der Waals surface area contributed by atoms with Crippen LogP contribution in [0.15, 0.2) is 0 Å². The van der Waals surface area contributed by atoms with Gasteiger partial charge in [0.15, 0.2) is 0 Å². The number of unbranched alkanes of at least 4 members (excludes halogenated alkanes) is 1. The van der Waals surface area contributed by atoms with Crippen molar-refractivity contribution in [2.75, 3.05) is 13.1 Å². The highest BCUT2D eigenvalue weighted by atomic mass is 16.2. The lowest BCUT2D eigenvalue weighted by atomic mass is 10.1. The minimum atomic E-state index is -0.0455. The molecule has 2 unspecified atom stereocenters. The average Bonchev–Trinajstić information content (AvgIpc) is 2.27. The lowest BCUT2D eigenvalue weighted by Gasteiger charge is -2.30. The largest absolute Gasteiger partial charge is 0.340 e. The van der Waals surface area contributed by atoms with E-state index in [2.05, 4.69) is 20.8 Å². The molecule has 0 radical (unpaired) electrons. The Morgan fingerprint density at radius 1 is 1.33 bits per heavy atom. The first-order valence-corrected chi connectivity index (χ1v) is 6.08. The minimum Gasteiger partial charge on any atom is -0.340 e. The molecule has 0 aliphatic heterocycles. The predicted octanol–water partition coefficient (Wildman–Crippen LogP) is 2.01. The summed E-state index contributed by atoms with van der Waals surface area (Å²) in [4.78, 5) is 14.0. The summed E-state index contributed by atoms with van der Waals surface area (Å²) in [5, 5.41) is 0. The van der Waals surface area contributed by atoms with Crippen molar-refractivity contribution in [1.29, 1.82) is 0 Å². The molecule has 0 aliphatic rings. The van der Waals surface area contributed by atoms with E-state index in [1.807, 2.05) is 11.8 Å². The number of carbonyl (C=O) groups is 1. The Bertz CT molecular complexity index is 182. The molecule has 0 aromatic rings. The molecule has 15 heavy (non-hydrogen) atoms. The number of rotatable bonds is 7. The van der Waals surface area contributed by atoms with Gasteiger partial charge in [0.25, 0.3) is 0 Å². The number of hydrogen-bond donors (Lipinski definition) is 1. The summed E-state index contributed by atoms with van der Waals surface area (Å²) >= 11 is 0. The summed E-state index contributed by atoms with van der Waals surface area (Å²) in [6.07, 6.45) is 3.21. The predicted molar refractivity (Wildman–Crippen MR) is 64.6 cm³/mol. The highest BCUT2D eigenvalue weighted by Gasteiger charge is 2.22. The van der Waals surface area contributed by atoms with Gasteiger partial charge in [0.05, 0.1) is 0 Å². The molecule has 0 aliphatic carbocycles. The summed E-state index contributed by atoms with van der Waals surface area (Å²) < 4.78 is 0. The van der Waals surface area contributed by atoms with E-state index < -0.39 is 0 Å². The van der Waals surface area contributed by atoms with Crippen LogP contribution in [0.3, 0.4) is 0 Å². The Hall–Kier alpha value is -0.570. The van der Waals surface area contributed by atoms with Gasteiger partial charge >= 0.3 is 0 Å². The maximum Gasteiger partial charge on any atom is 0.226 e. The van der Waals surface area contributed by atoms with Gasteiger partial charge in [-0.15, -0.1) is 0 Å². The molecule has 3 nitrogen and oxygen atoms in total. The molecule has 1 amide bonds. The van der Waals surface area contributed by atoms with Gasteiger partial charge in [0.2, 0.25) is 5.91 Å². The molecule has 0 rings (SSSR count). The monoisotopic (exact) mass is 214 g/mol. The number of amides is 1. The summed E-state index contributed by atoms with van der Waals surface area (Å²) in [5.74, 6) is 0.163. The molecule has 3 heteroatoms. The molecule has 0 heterocycles. The molecule has 2 N–H and O–H groups in total. The van der Waals surface area contributed by atoms with Crippen LogP contribution in [0.25, 0.3) is 0 Å². The van der Waals surface area contributed by atoms with Crippen LogP contribution in [-0.2, 0) is 4.79 Å². The Morgan fingerprint density at radius 2 is 1.93 bits per heavy atom. The van der Waals surface area contributed by atoms with E-state index in [0.29, 0.717) is 12.6 Å². The molecule has 0 saturated heterocycles. The topological polar surface area (TPSA) is 46.3 Å². The zero-order valence-corrected chi connectivity index (χ0v) is 10.6. The fourth-order valence-corrected chi connectivity index (χ4v) is 1.48. The van der Waals surface area contributed by atoms with Crippen molar-refractivity contribution in [3.63, 3.8) is 0 Å². The molecule has 90 valence electrons. The molecule has 0 spiro atoms. The lowest BCUT2D eigenvalue weighted by molar-refractivity contribution is -0.136. The van der Waals surface area contributed by atoms with E-state index in [0.717, 1.165) is 25.8 Å². The van der Waals surface area contributed by atoms with Gasteiger partial charge in [-0.25, -0.2) is 0 Å². The second kappa shape index (κ2) is 7.69. The minimum absolute atomic E-state index is 0.0455. The molecule has 0 saturated carbocycles. The van der Waals surface area contributed by atoms with Crippen LogP contribution in [0, 0.1) is 5.92 Å². The van der Waals surface area contributed by atoms with Gasteiger partial charge in [0.1, 0.15) is 0 Å². The molecule has 0 aromatic carbocycles. The van der Waals surface area contributed by atoms with Crippen molar-refractivity contribution in [2.45, 2.75) is 53.0 Å². The highest BCUT2D eigenvalue weighted by Crippen LogP contribution is 2.10. The van der Waals surface area contributed by atoms with Gasteiger partial charge in [-0.1, -0.05) is 27.2 Å². The quantitative estimate of drug-likeness (QED) is 0.704. The summed E-state index contributed by atoms with van der Waals surface area (Å²) in [5.41, 5.74) is 5.53. The van der Waals surface area contributed by atoms with E-state index >= 15 is 0 Å². The van der Waals surface area contributed by atoms with Crippen LogP contribution in [-0.4, -0.2) is 29.9 Å². The third-order valence-corrected chi connectivity index (χ3v) is 2.93. The van der Waals surface area contributed by atoms with Crippen molar-refractivity contribution in [2.24, 2.45) is 11.7 Å². The molecule has 0 fully saturated rings. The van der Waals surface area contributed by atoms with E-state index in [4.69, 9.17) is 5.73 Å². The fraction of sp³-hybridized carbons (Fsp3) is 0.917. The van der Waals surface area contributed by atoms with Crippen molar-refractivity contribution < 1.29 is 4.79 Å². The number of hydrogen-bond acceptors (Lipinski definition) is 2. The van der Waals surface area contributed by atoms with Gasteiger partial charge in [-0.2, -0.15) is 0 Å². The van der Waals surface area contributed by atoms with Crippen LogP contribution >= 0.6 is 0 Å². The standard InChI is InChI=1S/C12H26N2O/c1-5-7-8-14(11(4)6-2)12(15)10(3)9-13/h10-11H,5-9,13H2,1-4H3. The maximum atomic E-state index is 12.0.